The number of phosphoric acid groups is 2. The molecule has 17 nitrogen and oxygen atoms in total. The second-order valence-electron chi connectivity index (χ2n) is 26.3. The number of carbonyl (C=O) groups is 4. The van der Waals surface area contributed by atoms with Crippen molar-refractivity contribution in [1.29, 1.82) is 0 Å². The molecule has 3 N–H and O–H groups in total. The topological polar surface area (TPSA) is 237 Å². The molecule has 0 fully saturated rings. The van der Waals surface area contributed by atoms with Crippen molar-refractivity contribution in [2.75, 3.05) is 39.6 Å². The van der Waals surface area contributed by atoms with Gasteiger partial charge >= 0.3 is 39.5 Å². The first kappa shape index (κ1) is 97.5. The number of hydrogen-bond acceptors (Lipinski definition) is 15. The number of aliphatic hydroxyl groups excluding tert-OH is 1. The van der Waals surface area contributed by atoms with Gasteiger partial charge in [0.1, 0.15) is 19.3 Å². The minimum Gasteiger partial charge on any atom is -0.462 e. The summed E-state index contributed by atoms with van der Waals surface area (Å²) >= 11 is 0. The van der Waals surface area contributed by atoms with Crippen LogP contribution >= 0.6 is 15.6 Å². The fourth-order valence-electron chi connectivity index (χ4n) is 10.3. The Hall–Kier alpha value is -4.54. The van der Waals surface area contributed by atoms with E-state index >= 15 is 0 Å². The van der Waals surface area contributed by atoms with Crippen molar-refractivity contribution in [2.24, 2.45) is 0 Å². The molecule has 102 heavy (non-hydrogen) atoms. The van der Waals surface area contributed by atoms with Gasteiger partial charge in [-0.1, -0.05) is 265 Å². The summed E-state index contributed by atoms with van der Waals surface area (Å²) in [5.74, 6) is -2.24. The molecule has 586 valence electrons. The summed E-state index contributed by atoms with van der Waals surface area (Å²) in [4.78, 5) is 73.0. The van der Waals surface area contributed by atoms with Crippen LogP contribution in [-0.2, 0) is 65.4 Å². The van der Waals surface area contributed by atoms with E-state index in [2.05, 4.69) is 149 Å². The van der Waals surface area contributed by atoms with Crippen molar-refractivity contribution in [1.82, 2.24) is 0 Å². The maximum atomic E-state index is 13.1. The molecule has 0 bridgehead atoms. The van der Waals surface area contributed by atoms with Gasteiger partial charge in [-0.15, -0.1) is 0 Å². The molecule has 0 amide bonds. The first-order valence-electron chi connectivity index (χ1n) is 39.8. The van der Waals surface area contributed by atoms with E-state index in [0.717, 1.165) is 199 Å². The van der Waals surface area contributed by atoms with Crippen LogP contribution in [-0.4, -0.2) is 96.7 Å². The van der Waals surface area contributed by atoms with Crippen LogP contribution < -0.4 is 0 Å². The van der Waals surface area contributed by atoms with Crippen molar-refractivity contribution in [2.45, 2.75) is 341 Å². The average Bonchev–Trinajstić information content (AvgIpc) is 0.908. The fraction of sp³-hybridized carbons (Fsp3) is 0.711. The van der Waals surface area contributed by atoms with Crippen LogP contribution in [0.15, 0.2) is 122 Å². The summed E-state index contributed by atoms with van der Waals surface area (Å²) in [7, 11) is -9.97. The lowest BCUT2D eigenvalue weighted by Crippen LogP contribution is -2.30. The highest BCUT2D eigenvalue weighted by atomic mass is 31.2. The Kier molecular flexibility index (Phi) is 71.4. The Morgan fingerprint density at radius 1 is 0.284 bits per heavy atom. The predicted molar refractivity (Wildman–Crippen MR) is 418 cm³/mol. The Morgan fingerprint density at radius 3 is 0.853 bits per heavy atom. The molecule has 0 aromatic rings. The maximum Gasteiger partial charge on any atom is 0.472 e. The zero-order chi connectivity index (χ0) is 74.6. The SMILES string of the molecule is CC/C=C\C/C=C\C/C=C\C/C=C\CCCCCCC(=O)OC(COC(=O)CCCCCCCC/C=C\C/C=C\C/C=C\CCCCC)COP(=O)(O)OCC(O)COP(=O)(O)OCC(COC(=O)CCCCCCC/C=C\C/C=C\CCC)OC(=O)CCCCCCC/C=C\CCCCCC. The minimum atomic E-state index is -4.99. The number of rotatable bonds is 74. The fourth-order valence-corrected chi connectivity index (χ4v) is 11.9. The summed E-state index contributed by atoms with van der Waals surface area (Å²) < 4.78 is 68.5. The van der Waals surface area contributed by atoms with E-state index < -0.39 is 97.5 Å². The molecule has 0 aliphatic heterocycles. The summed E-state index contributed by atoms with van der Waals surface area (Å²) in [6, 6.07) is 0. The van der Waals surface area contributed by atoms with Gasteiger partial charge in [-0.2, -0.15) is 0 Å². The van der Waals surface area contributed by atoms with Crippen LogP contribution in [0.25, 0.3) is 0 Å². The molecular weight excluding hydrogens is 1330 g/mol. The van der Waals surface area contributed by atoms with Crippen molar-refractivity contribution >= 4 is 39.5 Å². The summed E-state index contributed by atoms with van der Waals surface area (Å²) in [5, 5.41) is 10.6. The van der Waals surface area contributed by atoms with Crippen LogP contribution in [0.1, 0.15) is 323 Å². The zero-order valence-corrected chi connectivity index (χ0v) is 65.8. The summed E-state index contributed by atoms with van der Waals surface area (Å²) in [6.07, 6.45) is 81.7. The van der Waals surface area contributed by atoms with Gasteiger partial charge in [-0.05, 0) is 154 Å². The molecule has 19 heteroatoms. The van der Waals surface area contributed by atoms with Gasteiger partial charge in [0.05, 0.1) is 26.4 Å². The predicted octanol–water partition coefficient (Wildman–Crippen LogP) is 23.1. The third-order valence-corrected chi connectivity index (χ3v) is 18.3. The van der Waals surface area contributed by atoms with Crippen LogP contribution in [0, 0.1) is 0 Å². The van der Waals surface area contributed by atoms with Crippen LogP contribution in [0.4, 0.5) is 0 Å². The molecule has 0 saturated heterocycles. The molecule has 0 aliphatic carbocycles. The number of esters is 4. The molecule has 0 saturated carbocycles. The van der Waals surface area contributed by atoms with Gasteiger partial charge in [0.25, 0.3) is 0 Å². The minimum absolute atomic E-state index is 0.0613. The van der Waals surface area contributed by atoms with Crippen molar-refractivity contribution < 1.29 is 80.2 Å². The highest BCUT2D eigenvalue weighted by Gasteiger charge is 2.30. The average molecular weight is 1470 g/mol. The molecule has 0 rings (SSSR count). The van der Waals surface area contributed by atoms with Crippen LogP contribution in [0.2, 0.25) is 0 Å². The summed E-state index contributed by atoms with van der Waals surface area (Å²) in [6.45, 7) is 4.60. The third-order valence-electron chi connectivity index (χ3n) is 16.4. The van der Waals surface area contributed by atoms with Gasteiger partial charge in [0, 0.05) is 25.7 Å². The Labute approximate surface area is 619 Å². The van der Waals surface area contributed by atoms with E-state index in [-0.39, 0.29) is 25.7 Å². The number of phosphoric ester groups is 2. The Morgan fingerprint density at radius 2 is 0.529 bits per heavy atom. The normalized spacial score (nSPS) is 14.5. The molecule has 0 aliphatic rings. The molecule has 0 radical (unpaired) electrons. The molecule has 0 aromatic heterocycles. The first-order chi connectivity index (χ1) is 49.7. The molecule has 5 atom stereocenters. The number of carbonyl (C=O) groups excluding carboxylic acids is 4. The van der Waals surface area contributed by atoms with Gasteiger partial charge in [0.15, 0.2) is 12.2 Å². The number of ether oxygens (including phenoxy) is 4. The molecule has 5 unspecified atom stereocenters. The van der Waals surface area contributed by atoms with Gasteiger partial charge in [-0.25, -0.2) is 9.13 Å². The van der Waals surface area contributed by atoms with E-state index in [1.807, 2.05) is 0 Å². The Balaban J connectivity index is 5.39. The second-order valence-corrected chi connectivity index (χ2v) is 29.2. The largest absolute Gasteiger partial charge is 0.472 e. The lowest BCUT2D eigenvalue weighted by molar-refractivity contribution is -0.161. The van der Waals surface area contributed by atoms with Gasteiger partial charge in [0.2, 0.25) is 0 Å². The van der Waals surface area contributed by atoms with Crippen LogP contribution in [0.5, 0.6) is 0 Å². The third kappa shape index (κ3) is 73.8. The van der Waals surface area contributed by atoms with Gasteiger partial charge < -0.3 is 33.8 Å². The number of allylic oxidation sites excluding steroid dienone is 20. The van der Waals surface area contributed by atoms with E-state index in [1.54, 1.807) is 0 Å². The maximum absolute atomic E-state index is 13.1. The standard InChI is InChI=1S/C83H142O17P2/c1-5-9-13-17-21-25-29-33-35-37-38-40-41-45-48-52-56-60-64-68-81(86)94-74-79(100-83(88)70-66-62-58-54-50-46-42-39-36-34-30-26-22-18-14-10-6-2)76-98-102(91,92)96-72-77(84)71-95-101(89,90)97-75-78(99-82(87)69-65-61-57-53-49-44-32-28-24-20-16-12-8-4)73-93-80(85)67-63-59-55-51-47-43-31-27-23-19-15-11-7-3/h10,14-15,19,21-22,25-28,31-36,38,40,42,46,77-79,84H,5-9,11-13,16-18,20,23-24,29-30,37,39,41,43-45,47-76H2,1-4H3,(H,89,90)(H,91,92)/b14-10-,19-15-,25-21-,26-22-,31-27-,32-28-,35-33-,36-34-,40-38-,46-42-. The quantitative estimate of drug-likeness (QED) is 0.0169. The van der Waals surface area contributed by atoms with Crippen molar-refractivity contribution in [3.8, 4) is 0 Å². The van der Waals surface area contributed by atoms with Gasteiger partial charge in [-0.3, -0.25) is 37.3 Å². The number of unbranched alkanes of at least 4 members (excludes halogenated alkanes) is 28. The van der Waals surface area contributed by atoms with E-state index in [1.165, 1.54) is 44.9 Å². The zero-order valence-electron chi connectivity index (χ0n) is 64.0. The van der Waals surface area contributed by atoms with E-state index in [4.69, 9.17) is 37.0 Å². The highest BCUT2D eigenvalue weighted by Crippen LogP contribution is 2.45. The summed E-state index contributed by atoms with van der Waals surface area (Å²) in [5.41, 5.74) is 0. The Bertz CT molecular complexity index is 2410. The molecule has 0 heterocycles. The highest BCUT2D eigenvalue weighted by molar-refractivity contribution is 7.47. The lowest BCUT2D eigenvalue weighted by Gasteiger charge is -2.21. The second kappa shape index (κ2) is 74.7. The molecule has 0 spiro atoms. The first-order valence-corrected chi connectivity index (χ1v) is 42.8. The number of aliphatic hydroxyl groups is 1. The van der Waals surface area contributed by atoms with E-state index in [9.17, 15) is 43.2 Å². The molecule has 0 aromatic carbocycles. The van der Waals surface area contributed by atoms with Crippen LogP contribution in [0.3, 0.4) is 0 Å². The van der Waals surface area contributed by atoms with Crippen molar-refractivity contribution in [3.05, 3.63) is 122 Å². The smallest absolute Gasteiger partial charge is 0.462 e. The van der Waals surface area contributed by atoms with E-state index in [0.29, 0.717) is 25.7 Å². The molecular formula is C83H142O17P2. The monoisotopic (exact) mass is 1470 g/mol. The number of hydrogen-bond donors (Lipinski definition) is 3. The lowest BCUT2D eigenvalue weighted by atomic mass is 10.1. The van der Waals surface area contributed by atoms with Crippen molar-refractivity contribution in [3.63, 3.8) is 0 Å².